The molecule has 2 aromatic carbocycles. The molecule has 1 aromatic heterocycles. The summed E-state index contributed by atoms with van der Waals surface area (Å²) < 4.78 is 10.4. The van der Waals surface area contributed by atoms with Crippen LogP contribution in [0, 0.1) is 11.8 Å². The molecule has 3 aromatic rings. The molecule has 4 heteroatoms. The molecule has 0 bridgehead atoms. The monoisotopic (exact) mass is 319 g/mol. The Bertz CT molecular complexity index is 976. The Morgan fingerprint density at radius 2 is 1.83 bits per heavy atom. The van der Waals surface area contributed by atoms with Gasteiger partial charge in [0.05, 0.1) is 18.4 Å². The zero-order valence-corrected chi connectivity index (χ0v) is 13.6. The van der Waals surface area contributed by atoms with Crippen molar-refractivity contribution in [3.05, 3.63) is 70.1 Å². The van der Waals surface area contributed by atoms with E-state index in [0.717, 1.165) is 34.5 Å². The van der Waals surface area contributed by atoms with Gasteiger partial charge in [-0.25, -0.2) is 4.79 Å². The fraction of sp³-hybridized carbons (Fsp3) is 0.150. The zero-order chi connectivity index (χ0) is 16.9. The molecule has 0 amide bonds. The average Bonchev–Trinajstić information content (AvgIpc) is 2.61. The lowest BCUT2D eigenvalue weighted by Crippen LogP contribution is -2.01. The Morgan fingerprint density at radius 3 is 2.54 bits per heavy atom. The summed E-state index contributed by atoms with van der Waals surface area (Å²) in [5.74, 6) is 7.14. The number of fused-ring (bicyclic) bond motifs is 1. The van der Waals surface area contributed by atoms with Gasteiger partial charge >= 0.3 is 5.63 Å². The maximum absolute atomic E-state index is 11.4. The molecule has 0 unspecified atom stereocenters. The van der Waals surface area contributed by atoms with E-state index in [0.29, 0.717) is 5.58 Å². The number of hydrogen-bond donors (Lipinski definition) is 1. The second-order valence-electron chi connectivity index (χ2n) is 5.16. The lowest BCUT2D eigenvalue weighted by molar-refractivity contribution is 0.415. The van der Waals surface area contributed by atoms with Gasteiger partial charge in [-0.1, -0.05) is 11.8 Å². The summed E-state index contributed by atoms with van der Waals surface area (Å²) in [7, 11) is 1.63. The molecule has 4 nitrogen and oxygen atoms in total. The van der Waals surface area contributed by atoms with Crippen molar-refractivity contribution in [1.82, 2.24) is 0 Å². The van der Waals surface area contributed by atoms with E-state index in [-0.39, 0.29) is 5.63 Å². The van der Waals surface area contributed by atoms with E-state index in [4.69, 9.17) is 9.15 Å². The van der Waals surface area contributed by atoms with E-state index in [1.807, 2.05) is 37.3 Å². The largest absolute Gasteiger partial charge is 0.497 e. The van der Waals surface area contributed by atoms with Gasteiger partial charge < -0.3 is 14.5 Å². The first kappa shape index (κ1) is 15.7. The van der Waals surface area contributed by atoms with Crippen LogP contribution in [0.25, 0.3) is 11.0 Å². The number of methoxy groups -OCH3 is 1. The third kappa shape index (κ3) is 3.26. The first-order valence-corrected chi connectivity index (χ1v) is 7.68. The van der Waals surface area contributed by atoms with Gasteiger partial charge in [0.25, 0.3) is 0 Å². The summed E-state index contributed by atoms with van der Waals surface area (Å²) in [4.78, 5) is 11.4. The summed E-state index contributed by atoms with van der Waals surface area (Å²) in [6.07, 6.45) is 0. The van der Waals surface area contributed by atoms with Crippen LogP contribution in [-0.2, 0) is 0 Å². The number of benzene rings is 2. The van der Waals surface area contributed by atoms with Gasteiger partial charge in [0.15, 0.2) is 0 Å². The topological polar surface area (TPSA) is 51.5 Å². The number of anilines is 1. The number of nitrogens with one attached hydrogen (secondary N) is 1. The van der Waals surface area contributed by atoms with Crippen molar-refractivity contribution >= 4 is 16.7 Å². The van der Waals surface area contributed by atoms with Gasteiger partial charge in [-0.2, -0.15) is 0 Å². The van der Waals surface area contributed by atoms with E-state index in [9.17, 15) is 4.79 Å². The fourth-order valence-corrected chi connectivity index (χ4v) is 2.43. The third-order valence-corrected chi connectivity index (χ3v) is 3.59. The van der Waals surface area contributed by atoms with Crippen molar-refractivity contribution in [2.45, 2.75) is 6.92 Å². The second-order valence-corrected chi connectivity index (χ2v) is 5.16. The Balaban J connectivity index is 2.11. The molecule has 24 heavy (non-hydrogen) atoms. The van der Waals surface area contributed by atoms with E-state index in [1.54, 1.807) is 19.2 Å². The minimum absolute atomic E-state index is 0.368. The molecule has 1 heterocycles. The van der Waals surface area contributed by atoms with Crippen LogP contribution in [-0.4, -0.2) is 13.7 Å². The van der Waals surface area contributed by atoms with Gasteiger partial charge in [0, 0.05) is 23.6 Å². The quantitative estimate of drug-likeness (QED) is 0.591. The summed E-state index contributed by atoms with van der Waals surface area (Å²) >= 11 is 0. The van der Waals surface area contributed by atoms with Gasteiger partial charge in [0.2, 0.25) is 0 Å². The Morgan fingerprint density at radius 1 is 1.04 bits per heavy atom. The molecule has 0 saturated heterocycles. The highest BCUT2D eigenvalue weighted by Crippen LogP contribution is 2.24. The van der Waals surface area contributed by atoms with Crippen molar-refractivity contribution in [2.24, 2.45) is 0 Å². The number of rotatable bonds is 3. The first-order chi connectivity index (χ1) is 11.7. The zero-order valence-electron chi connectivity index (χ0n) is 13.6. The van der Waals surface area contributed by atoms with Gasteiger partial charge in [-0.15, -0.1) is 0 Å². The summed E-state index contributed by atoms with van der Waals surface area (Å²) in [5, 5.41) is 4.11. The van der Waals surface area contributed by atoms with E-state index in [1.165, 1.54) is 6.07 Å². The molecule has 0 aliphatic carbocycles. The maximum atomic E-state index is 11.4. The van der Waals surface area contributed by atoms with Crippen molar-refractivity contribution in [2.75, 3.05) is 19.0 Å². The SMILES string of the molecule is CCNc1ccc2oc(=O)ccc2c1C#Cc1ccc(OC)cc1. The number of ether oxygens (including phenoxy) is 1. The predicted molar refractivity (Wildman–Crippen MR) is 95.6 cm³/mol. The van der Waals surface area contributed by atoms with E-state index < -0.39 is 0 Å². The Kier molecular flexibility index (Phi) is 4.53. The minimum Gasteiger partial charge on any atom is -0.497 e. The van der Waals surface area contributed by atoms with Crippen molar-refractivity contribution < 1.29 is 9.15 Å². The van der Waals surface area contributed by atoms with Gasteiger partial charge in [-0.05, 0) is 49.4 Å². The highest BCUT2D eigenvalue weighted by atomic mass is 16.5. The highest BCUT2D eigenvalue weighted by Gasteiger charge is 2.07. The third-order valence-electron chi connectivity index (χ3n) is 3.59. The molecule has 0 spiro atoms. The summed E-state index contributed by atoms with van der Waals surface area (Å²) in [5.41, 5.74) is 2.78. The van der Waals surface area contributed by atoms with Gasteiger partial charge in [-0.3, -0.25) is 0 Å². The molecule has 0 aliphatic heterocycles. The molecule has 3 rings (SSSR count). The van der Waals surface area contributed by atoms with E-state index >= 15 is 0 Å². The molecule has 0 radical (unpaired) electrons. The minimum atomic E-state index is -0.368. The van der Waals surface area contributed by atoms with Crippen LogP contribution in [0.1, 0.15) is 18.1 Å². The second kappa shape index (κ2) is 6.93. The molecule has 120 valence electrons. The normalized spacial score (nSPS) is 10.1. The molecule has 0 saturated carbocycles. The molecule has 1 N–H and O–H groups in total. The Hall–Kier alpha value is -3.19. The van der Waals surface area contributed by atoms with E-state index in [2.05, 4.69) is 17.2 Å². The standard InChI is InChI=1S/C20H17NO3/c1-3-21-18-11-12-19-17(10-13-20(22)24-19)16(18)9-6-14-4-7-15(23-2)8-5-14/h4-5,7-8,10-13,21H,3H2,1-2H3. The molecular formula is C20H17NO3. The van der Waals surface area contributed by atoms with Crippen LogP contribution in [0.2, 0.25) is 0 Å². The lowest BCUT2D eigenvalue weighted by atomic mass is 10.1. The first-order valence-electron chi connectivity index (χ1n) is 7.68. The molecule has 0 fully saturated rings. The molecule has 0 atom stereocenters. The van der Waals surface area contributed by atoms with Crippen LogP contribution >= 0.6 is 0 Å². The lowest BCUT2D eigenvalue weighted by Gasteiger charge is -2.08. The highest BCUT2D eigenvalue weighted by molar-refractivity contribution is 5.89. The molecule has 0 aliphatic rings. The average molecular weight is 319 g/mol. The van der Waals surface area contributed by atoms with Crippen molar-refractivity contribution in [3.8, 4) is 17.6 Å². The van der Waals surface area contributed by atoms with Crippen LogP contribution in [0.3, 0.4) is 0 Å². The Labute approximate surface area is 140 Å². The van der Waals surface area contributed by atoms with Crippen LogP contribution in [0.15, 0.2) is 57.7 Å². The van der Waals surface area contributed by atoms with Crippen LogP contribution < -0.4 is 15.7 Å². The van der Waals surface area contributed by atoms with Gasteiger partial charge in [0.1, 0.15) is 11.3 Å². The van der Waals surface area contributed by atoms with Crippen LogP contribution in [0.5, 0.6) is 5.75 Å². The maximum Gasteiger partial charge on any atom is 0.336 e. The fourth-order valence-electron chi connectivity index (χ4n) is 2.43. The summed E-state index contributed by atoms with van der Waals surface area (Å²) in [6, 6.07) is 14.4. The molecular weight excluding hydrogens is 302 g/mol. The smallest absolute Gasteiger partial charge is 0.336 e. The van der Waals surface area contributed by atoms with Crippen LogP contribution in [0.4, 0.5) is 5.69 Å². The van der Waals surface area contributed by atoms with Crippen molar-refractivity contribution in [3.63, 3.8) is 0 Å². The summed E-state index contributed by atoms with van der Waals surface area (Å²) in [6.45, 7) is 2.80. The van der Waals surface area contributed by atoms with Crippen molar-refractivity contribution in [1.29, 1.82) is 0 Å². The number of hydrogen-bond acceptors (Lipinski definition) is 4. The predicted octanol–water partition coefficient (Wildman–Crippen LogP) is 3.63.